The fourth-order valence-corrected chi connectivity index (χ4v) is 1.86. The minimum absolute atomic E-state index is 0.0482. The predicted molar refractivity (Wildman–Crippen MR) is 80.2 cm³/mol. The number of anilines is 1. The van der Waals surface area contributed by atoms with Crippen molar-refractivity contribution in [2.45, 2.75) is 13.1 Å². The van der Waals surface area contributed by atoms with Gasteiger partial charge < -0.3 is 5.32 Å². The van der Waals surface area contributed by atoms with Crippen LogP contribution in [0, 0.1) is 12.7 Å². The van der Waals surface area contributed by atoms with Crippen LogP contribution in [0.5, 0.6) is 0 Å². The first kappa shape index (κ1) is 16.7. The summed E-state index contributed by atoms with van der Waals surface area (Å²) in [5.74, 6) is -1.14. The summed E-state index contributed by atoms with van der Waals surface area (Å²) in [4.78, 5) is 11.7. The largest absolute Gasteiger partial charge is 0.416 e. The van der Waals surface area contributed by atoms with E-state index in [2.05, 4.69) is 5.32 Å². The highest BCUT2D eigenvalue weighted by molar-refractivity contribution is 6.02. The minimum Gasteiger partial charge on any atom is -0.320 e. The van der Waals surface area contributed by atoms with E-state index >= 15 is 0 Å². The summed E-state index contributed by atoms with van der Waals surface area (Å²) >= 11 is 0. The normalized spacial score (nSPS) is 11.7. The molecule has 0 spiro atoms. The molecule has 0 heterocycles. The number of nitrogens with one attached hydrogen (secondary N) is 1. The summed E-state index contributed by atoms with van der Waals surface area (Å²) in [6.07, 6.45) is -1.92. The van der Waals surface area contributed by atoms with Crippen molar-refractivity contribution in [1.82, 2.24) is 0 Å². The van der Waals surface area contributed by atoms with Crippen LogP contribution in [-0.4, -0.2) is 5.91 Å². The van der Waals surface area contributed by atoms with E-state index in [0.717, 1.165) is 23.8 Å². The van der Waals surface area contributed by atoms with Gasteiger partial charge in [0.25, 0.3) is 0 Å². The van der Waals surface area contributed by atoms with Gasteiger partial charge in [-0.25, -0.2) is 4.39 Å². The molecule has 0 unspecified atom stereocenters. The lowest BCUT2D eigenvalue weighted by atomic mass is 10.1. The molecule has 2 rings (SSSR count). The van der Waals surface area contributed by atoms with E-state index in [4.69, 9.17) is 0 Å². The molecule has 0 fully saturated rings. The molecule has 0 atom stereocenters. The standard InChI is InChI=1S/C17H13F4NO/c1-11-2-8-14(18)15(10-11)22-16(23)9-5-12-3-6-13(7-4-12)17(19,20)21/h2-10H,1H3,(H,22,23)/b9-5+. The van der Waals surface area contributed by atoms with Crippen molar-refractivity contribution in [2.75, 3.05) is 5.32 Å². The molecule has 0 aliphatic heterocycles. The number of alkyl halides is 3. The van der Waals surface area contributed by atoms with Gasteiger partial charge in [0.15, 0.2) is 0 Å². The second-order valence-electron chi connectivity index (χ2n) is 4.93. The highest BCUT2D eigenvalue weighted by Gasteiger charge is 2.29. The number of aryl methyl sites for hydroxylation is 1. The monoisotopic (exact) mass is 323 g/mol. The van der Waals surface area contributed by atoms with Crippen LogP contribution in [0.15, 0.2) is 48.5 Å². The van der Waals surface area contributed by atoms with E-state index < -0.39 is 23.5 Å². The Morgan fingerprint density at radius 3 is 2.35 bits per heavy atom. The van der Waals surface area contributed by atoms with Crippen LogP contribution in [0.3, 0.4) is 0 Å². The SMILES string of the molecule is Cc1ccc(F)c(NC(=O)/C=C/c2ccc(C(F)(F)F)cc2)c1. The zero-order valence-corrected chi connectivity index (χ0v) is 12.1. The van der Waals surface area contributed by atoms with Crippen LogP contribution in [0.4, 0.5) is 23.2 Å². The number of hydrogen-bond acceptors (Lipinski definition) is 1. The molecule has 0 aliphatic rings. The van der Waals surface area contributed by atoms with Gasteiger partial charge in [-0.05, 0) is 48.4 Å². The van der Waals surface area contributed by atoms with Crippen LogP contribution in [0.2, 0.25) is 0 Å². The molecule has 0 aliphatic carbocycles. The summed E-state index contributed by atoms with van der Waals surface area (Å²) in [6, 6.07) is 8.65. The lowest BCUT2D eigenvalue weighted by Crippen LogP contribution is -2.09. The molecule has 120 valence electrons. The van der Waals surface area contributed by atoms with Gasteiger partial charge >= 0.3 is 6.18 Å². The minimum atomic E-state index is -4.40. The molecule has 2 aromatic rings. The van der Waals surface area contributed by atoms with Crippen molar-refractivity contribution in [3.63, 3.8) is 0 Å². The molecule has 2 nitrogen and oxygen atoms in total. The number of hydrogen-bond donors (Lipinski definition) is 1. The maximum absolute atomic E-state index is 13.5. The van der Waals surface area contributed by atoms with Gasteiger partial charge in [-0.1, -0.05) is 18.2 Å². The van der Waals surface area contributed by atoms with Crippen LogP contribution in [0.1, 0.15) is 16.7 Å². The molecule has 2 aromatic carbocycles. The van der Waals surface area contributed by atoms with E-state index in [1.165, 1.54) is 30.3 Å². The van der Waals surface area contributed by atoms with Gasteiger partial charge in [0, 0.05) is 6.08 Å². The van der Waals surface area contributed by atoms with Crippen molar-refractivity contribution >= 4 is 17.7 Å². The summed E-state index contributed by atoms with van der Waals surface area (Å²) < 4.78 is 50.8. The number of carbonyl (C=O) groups excluding carboxylic acids is 1. The van der Waals surface area contributed by atoms with E-state index in [1.54, 1.807) is 13.0 Å². The smallest absolute Gasteiger partial charge is 0.320 e. The Balaban J connectivity index is 2.05. The Morgan fingerprint density at radius 2 is 1.74 bits per heavy atom. The van der Waals surface area contributed by atoms with Crippen molar-refractivity contribution in [3.05, 3.63) is 71.0 Å². The third kappa shape index (κ3) is 4.67. The Kier molecular flexibility index (Phi) is 4.83. The lowest BCUT2D eigenvalue weighted by Gasteiger charge is -2.06. The molecule has 0 saturated carbocycles. The second-order valence-corrected chi connectivity index (χ2v) is 4.93. The Labute approximate surface area is 130 Å². The summed E-state index contributed by atoms with van der Waals surface area (Å²) in [5, 5.41) is 2.38. The quantitative estimate of drug-likeness (QED) is 0.638. The highest BCUT2D eigenvalue weighted by atomic mass is 19.4. The molecule has 0 bridgehead atoms. The van der Waals surface area contributed by atoms with E-state index in [0.29, 0.717) is 5.56 Å². The second kappa shape index (κ2) is 6.64. The first-order chi connectivity index (χ1) is 10.8. The van der Waals surface area contributed by atoms with Gasteiger partial charge in [-0.2, -0.15) is 13.2 Å². The average molecular weight is 323 g/mol. The van der Waals surface area contributed by atoms with Gasteiger partial charge in [0.1, 0.15) is 5.82 Å². The Bertz CT molecular complexity index is 733. The molecule has 0 saturated heterocycles. The third-order valence-corrected chi connectivity index (χ3v) is 3.04. The highest BCUT2D eigenvalue weighted by Crippen LogP contribution is 2.29. The zero-order chi connectivity index (χ0) is 17.0. The zero-order valence-electron chi connectivity index (χ0n) is 12.1. The van der Waals surface area contributed by atoms with Gasteiger partial charge in [-0.3, -0.25) is 4.79 Å². The first-order valence-corrected chi connectivity index (χ1v) is 6.68. The van der Waals surface area contributed by atoms with Crippen molar-refractivity contribution in [2.24, 2.45) is 0 Å². The average Bonchev–Trinajstić information content (AvgIpc) is 2.48. The maximum Gasteiger partial charge on any atom is 0.416 e. The van der Waals surface area contributed by atoms with Crippen molar-refractivity contribution in [1.29, 1.82) is 0 Å². The number of benzene rings is 2. The van der Waals surface area contributed by atoms with Gasteiger partial charge in [0.05, 0.1) is 11.3 Å². The molecule has 0 aromatic heterocycles. The maximum atomic E-state index is 13.5. The van der Waals surface area contributed by atoms with Crippen molar-refractivity contribution in [3.8, 4) is 0 Å². The van der Waals surface area contributed by atoms with Gasteiger partial charge in [0.2, 0.25) is 5.91 Å². The molecular formula is C17H13F4NO. The first-order valence-electron chi connectivity index (χ1n) is 6.68. The number of carbonyl (C=O) groups is 1. The number of halogens is 4. The number of amides is 1. The Morgan fingerprint density at radius 1 is 1.09 bits per heavy atom. The summed E-state index contributed by atoms with van der Waals surface area (Å²) in [7, 11) is 0. The van der Waals surface area contributed by atoms with Crippen LogP contribution in [-0.2, 0) is 11.0 Å². The van der Waals surface area contributed by atoms with Crippen LogP contribution >= 0.6 is 0 Å². The molecule has 6 heteroatoms. The summed E-state index contributed by atoms with van der Waals surface area (Å²) in [5.41, 5.74) is 0.499. The Hall–Kier alpha value is -2.63. The molecule has 0 radical (unpaired) electrons. The lowest BCUT2D eigenvalue weighted by molar-refractivity contribution is -0.137. The van der Waals surface area contributed by atoms with Crippen LogP contribution < -0.4 is 5.32 Å². The van der Waals surface area contributed by atoms with E-state index in [9.17, 15) is 22.4 Å². The third-order valence-electron chi connectivity index (χ3n) is 3.04. The predicted octanol–water partition coefficient (Wildman–Crippen LogP) is 4.80. The molecule has 1 amide bonds. The van der Waals surface area contributed by atoms with Gasteiger partial charge in [-0.15, -0.1) is 0 Å². The molecule has 1 N–H and O–H groups in total. The van der Waals surface area contributed by atoms with E-state index in [1.807, 2.05) is 0 Å². The fraction of sp³-hybridized carbons (Fsp3) is 0.118. The van der Waals surface area contributed by atoms with Crippen LogP contribution in [0.25, 0.3) is 6.08 Å². The number of rotatable bonds is 3. The summed E-state index contributed by atoms with van der Waals surface area (Å²) in [6.45, 7) is 1.76. The van der Waals surface area contributed by atoms with Crippen molar-refractivity contribution < 1.29 is 22.4 Å². The molecule has 23 heavy (non-hydrogen) atoms. The molecular weight excluding hydrogens is 310 g/mol. The topological polar surface area (TPSA) is 29.1 Å². The fourth-order valence-electron chi connectivity index (χ4n) is 1.86. The van der Waals surface area contributed by atoms with E-state index in [-0.39, 0.29) is 5.69 Å².